The normalized spacial score (nSPS) is 16.9. The second kappa shape index (κ2) is 5.79. The molecule has 2 heteroatoms. The fourth-order valence-electron chi connectivity index (χ4n) is 2.94. The number of nitrogens with one attached hydrogen (secondary N) is 1. The van der Waals surface area contributed by atoms with Crippen LogP contribution in [0.15, 0.2) is 48.5 Å². The van der Waals surface area contributed by atoms with E-state index in [1.807, 2.05) is 12.1 Å². The highest BCUT2D eigenvalue weighted by atomic mass is 14.9. The lowest BCUT2D eigenvalue weighted by atomic mass is 9.86. The molecule has 20 heavy (non-hydrogen) atoms. The van der Waals surface area contributed by atoms with Crippen LogP contribution in [-0.4, -0.2) is 6.54 Å². The van der Waals surface area contributed by atoms with Gasteiger partial charge in [0.15, 0.2) is 0 Å². The van der Waals surface area contributed by atoms with Crippen LogP contribution in [0.1, 0.15) is 35.4 Å². The van der Waals surface area contributed by atoms with Crippen LogP contribution in [0.2, 0.25) is 0 Å². The Hall–Kier alpha value is -2.27. The van der Waals surface area contributed by atoms with Crippen LogP contribution in [0.3, 0.4) is 0 Å². The van der Waals surface area contributed by atoms with Gasteiger partial charge in [-0.15, -0.1) is 0 Å². The first-order valence-electron chi connectivity index (χ1n) is 7.18. The van der Waals surface area contributed by atoms with Crippen LogP contribution < -0.4 is 5.32 Å². The van der Waals surface area contributed by atoms with Gasteiger partial charge in [-0.05, 0) is 54.5 Å². The molecule has 2 aromatic carbocycles. The Morgan fingerprint density at radius 1 is 1.10 bits per heavy atom. The Kier molecular flexibility index (Phi) is 3.69. The summed E-state index contributed by atoms with van der Waals surface area (Å²) in [7, 11) is 0. The van der Waals surface area contributed by atoms with E-state index >= 15 is 0 Å². The third-order valence-electron chi connectivity index (χ3n) is 4.07. The minimum atomic E-state index is 0.642. The summed E-state index contributed by atoms with van der Waals surface area (Å²) in [6.45, 7) is 1.06. The van der Waals surface area contributed by atoms with Gasteiger partial charge >= 0.3 is 0 Å². The number of aryl methyl sites for hydroxylation is 1. The van der Waals surface area contributed by atoms with E-state index in [1.165, 1.54) is 29.7 Å². The van der Waals surface area contributed by atoms with Crippen molar-refractivity contribution < 1.29 is 0 Å². The quantitative estimate of drug-likeness (QED) is 0.904. The standard InChI is InChI=1S/C18H18N2/c19-13-15-7-5-14(6-8-15)9-10-16-11-12-20-18-4-2-1-3-17(16)18/h1-8,16,20H,9-12H2. The lowest BCUT2D eigenvalue weighted by molar-refractivity contribution is 0.579. The summed E-state index contributed by atoms with van der Waals surface area (Å²) in [6.07, 6.45) is 3.45. The number of benzene rings is 2. The number of hydrogen-bond donors (Lipinski definition) is 1. The Morgan fingerprint density at radius 2 is 1.90 bits per heavy atom. The molecule has 0 aromatic heterocycles. The van der Waals surface area contributed by atoms with E-state index in [0.717, 1.165) is 18.5 Å². The Balaban J connectivity index is 1.68. The van der Waals surface area contributed by atoms with Crippen LogP contribution in [0, 0.1) is 11.3 Å². The first-order valence-corrected chi connectivity index (χ1v) is 7.18. The number of hydrogen-bond acceptors (Lipinski definition) is 2. The summed E-state index contributed by atoms with van der Waals surface area (Å²) < 4.78 is 0. The zero-order chi connectivity index (χ0) is 13.8. The van der Waals surface area contributed by atoms with Gasteiger partial charge in [-0.3, -0.25) is 0 Å². The van der Waals surface area contributed by atoms with Crippen LogP contribution in [0.4, 0.5) is 5.69 Å². The fourth-order valence-corrected chi connectivity index (χ4v) is 2.94. The smallest absolute Gasteiger partial charge is 0.0991 e. The summed E-state index contributed by atoms with van der Waals surface area (Å²) >= 11 is 0. The van der Waals surface area contributed by atoms with E-state index in [2.05, 4.69) is 47.8 Å². The highest BCUT2D eigenvalue weighted by molar-refractivity contribution is 5.54. The van der Waals surface area contributed by atoms with Gasteiger partial charge < -0.3 is 5.32 Å². The topological polar surface area (TPSA) is 35.8 Å². The monoisotopic (exact) mass is 262 g/mol. The van der Waals surface area contributed by atoms with Gasteiger partial charge in [-0.1, -0.05) is 30.3 Å². The molecule has 0 aliphatic carbocycles. The molecule has 0 saturated heterocycles. The molecule has 0 radical (unpaired) electrons. The summed E-state index contributed by atoms with van der Waals surface area (Å²) in [4.78, 5) is 0. The highest BCUT2D eigenvalue weighted by Gasteiger charge is 2.18. The molecule has 1 heterocycles. The van der Waals surface area contributed by atoms with E-state index in [4.69, 9.17) is 5.26 Å². The van der Waals surface area contributed by atoms with E-state index in [0.29, 0.717) is 5.92 Å². The number of fused-ring (bicyclic) bond motifs is 1. The van der Waals surface area contributed by atoms with Crippen LogP contribution >= 0.6 is 0 Å². The van der Waals surface area contributed by atoms with Crippen molar-refractivity contribution in [2.24, 2.45) is 0 Å². The van der Waals surface area contributed by atoms with E-state index < -0.39 is 0 Å². The summed E-state index contributed by atoms with van der Waals surface area (Å²) in [6, 6.07) is 18.8. The molecule has 0 saturated carbocycles. The maximum atomic E-state index is 8.81. The lowest BCUT2D eigenvalue weighted by Crippen LogP contribution is -2.17. The summed E-state index contributed by atoms with van der Waals surface area (Å²) in [5.41, 5.74) is 4.80. The molecule has 0 bridgehead atoms. The predicted molar refractivity (Wildman–Crippen MR) is 81.8 cm³/mol. The maximum absolute atomic E-state index is 8.81. The van der Waals surface area contributed by atoms with Gasteiger partial charge in [0, 0.05) is 12.2 Å². The molecular formula is C18H18N2. The van der Waals surface area contributed by atoms with Gasteiger partial charge in [-0.2, -0.15) is 5.26 Å². The van der Waals surface area contributed by atoms with Crippen molar-refractivity contribution in [2.75, 3.05) is 11.9 Å². The van der Waals surface area contributed by atoms with Crippen molar-refractivity contribution in [3.8, 4) is 6.07 Å². The van der Waals surface area contributed by atoms with Crippen molar-refractivity contribution in [1.29, 1.82) is 5.26 Å². The van der Waals surface area contributed by atoms with E-state index in [-0.39, 0.29) is 0 Å². The van der Waals surface area contributed by atoms with Gasteiger partial charge in [0.25, 0.3) is 0 Å². The molecule has 2 nitrogen and oxygen atoms in total. The molecule has 0 spiro atoms. The molecule has 1 unspecified atom stereocenters. The molecule has 0 fully saturated rings. The average molecular weight is 262 g/mol. The number of nitrogens with zero attached hydrogens (tertiary/aromatic N) is 1. The van der Waals surface area contributed by atoms with Gasteiger partial charge in [0.2, 0.25) is 0 Å². The average Bonchev–Trinajstić information content (AvgIpc) is 2.53. The van der Waals surface area contributed by atoms with Crippen molar-refractivity contribution >= 4 is 5.69 Å². The van der Waals surface area contributed by atoms with Crippen LogP contribution in [-0.2, 0) is 6.42 Å². The zero-order valence-corrected chi connectivity index (χ0v) is 11.5. The van der Waals surface area contributed by atoms with Crippen LogP contribution in [0.5, 0.6) is 0 Å². The minimum absolute atomic E-state index is 0.642. The number of anilines is 1. The predicted octanol–water partition coefficient (Wildman–Crippen LogP) is 4.09. The Labute approximate surface area is 120 Å². The maximum Gasteiger partial charge on any atom is 0.0991 e. The van der Waals surface area contributed by atoms with E-state index in [9.17, 15) is 0 Å². The second-order valence-corrected chi connectivity index (χ2v) is 5.35. The highest BCUT2D eigenvalue weighted by Crippen LogP contribution is 2.34. The first kappa shape index (κ1) is 12.7. The fraction of sp³-hybridized carbons (Fsp3) is 0.278. The molecule has 3 rings (SSSR count). The van der Waals surface area contributed by atoms with Crippen molar-refractivity contribution in [2.45, 2.75) is 25.2 Å². The Bertz CT molecular complexity index is 623. The molecule has 100 valence electrons. The SMILES string of the molecule is N#Cc1ccc(CCC2CCNc3ccccc32)cc1. The number of rotatable bonds is 3. The van der Waals surface area contributed by atoms with Crippen molar-refractivity contribution in [1.82, 2.24) is 0 Å². The summed E-state index contributed by atoms with van der Waals surface area (Å²) in [5, 5.41) is 12.3. The van der Waals surface area contributed by atoms with Crippen LogP contribution in [0.25, 0.3) is 0 Å². The van der Waals surface area contributed by atoms with Gasteiger partial charge in [-0.25, -0.2) is 0 Å². The number of nitriles is 1. The molecule has 2 aromatic rings. The molecule has 0 amide bonds. The van der Waals surface area contributed by atoms with Crippen molar-refractivity contribution in [3.63, 3.8) is 0 Å². The molecular weight excluding hydrogens is 244 g/mol. The lowest BCUT2D eigenvalue weighted by Gasteiger charge is -2.26. The third kappa shape index (κ3) is 2.67. The van der Waals surface area contributed by atoms with Crippen molar-refractivity contribution in [3.05, 3.63) is 65.2 Å². The minimum Gasteiger partial charge on any atom is -0.385 e. The van der Waals surface area contributed by atoms with Gasteiger partial charge in [0.05, 0.1) is 11.6 Å². The summed E-state index contributed by atoms with van der Waals surface area (Å²) in [5.74, 6) is 0.642. The molecule has 1 N–H and O–H groups in total. The largest absolute Gasteiger partial charge is 0.385 e. The molecule has 1 aliphatic rings. The molecule has 1 atom stereocenters. The zero-order valence-electron chi connectivity index (χ0n) is 11.5. The molecule has 1 aliphatic heterocycles. The Morgan fingerprint density at radius 3 is 2.70 bits per heavy atom. The second-order valence-electron chi connectivity index (χ2n) is 5.35. The first-order chi connectivity index (χ1) is 9.86. The number of para-hydroxylation sites is 1. The third-order valence-corrected chi connectivity index (χ3v) is 4.07. The van der Waals surface area contributed by atoms with Gasteiger partial charge in [0.1, 0.15) is 0 Å². The van der Waals surface area contributed by atoms with E-state index in [1.54, 1.807) is 0 Å².